The third kappa shape index (κ3) is 8.85. The van der Waals surface area contributed by atoms with Gasteiger partial charge in [0.25, 0.3) is 0 Å². The van der Waals surface area contributed by atoms with Crippen LogP contribution in [0.25, 0.3) is 0 Å². The van der Waals surface area contributed by atoms with Gasteiger partial charge < -0.3 is 14.8 Å². The van der Waals surface area contributed by atoms with E-state index in [2.05, 4.69) is 26.1 Å². The van der Waals surface area contributed by atoms with Gasteiger partial charge in [0.05, 0.1) is 25.4 Å². The maximum absolute atomic E-state index is 5.54. The van der Waals surface area contributed by atoms with Crippen LogP contribution in [0.15, 0.2) is 0 Å². The first kappa shape index (κ1) is 12.9. The molecule has 15 heavy (non-hydrogen) atoms. The molecule has 0 heterocycles. The topological polar surface area (TPSA) is 30.5 Å². The first-order valence-corrected chi connectivity index (χ1v) is 6.00. The van der Waals surface area contributed by atoms with E-state index in [0.717, 1.165) is 19.1 Å². The van der Waals surface area contributed by atoms with Gasteiger partial charge >= 0.3 is 0 Å². The normalized spacial score (nSPS) is 17.0. The summed E-state index contributed by atoms with van der Waals surface area (Å²) in [5.74, 6) is 0.953. The first-order chi connectivity index (χ1) is 7.08. The van der Waals surface area contributed by atoms with Gasteiger partial charge in [-0.2, -0.15) is 0 Å². The van der Waals surface area contributed by atoms with E-state index in [0.29, 0.717) is 13.2 Å². The zero-order chi connectivity index (χ0) is 11.1. The zero-order valence-electron chi connectivity index (χ0n) is 10.3. The van der Waals surface area contributed by atoms with Crippen LogP contribution in [0.5, 0.6) is 0 Å². The van der Waals surface area contributed by atoms with Crippen LogP contribution < -0.4 is 5.32 Å². The summed E-state index contributed by atoms with van der Waals surface area (Å²) < 4.78 is 11.0. The lowest BCUT2D eigenvalue weighted by Crippen LogP contribution is -2.24. The van der Waals surface area contributed by atoms with Crippen molar-refractivity contribution >= 4 is 0 Å². The minimum atomic E-state index is -0.0480. The molecule has 1 aliphatic rings. The van der Waals surface area contributed by atoms with Crippen LogP contribution >= 0.6 is 0 Å². The van der Waals surface area contributed by atoms with Crippen LogP contribution in [0, 0.1) is 5.92 Å². The molecule has 0 aromatic heterocycles. The first-order valence-electron chi connectivity index (χ1n) is 6.00. The molecule has 1 fully saturated rings. The number of hydrogen-bond donors (Lipinski definition) is 1. The van der Waals surface area contributed by atoms with Crippen molar-refractivity contribution in [1.82, 2.24) is 5.32 Å². The molecule has 0 radical (unpaired) electrons. The summed E-state index contributed by atoms with van der Waals surface area (Å²) in [4.78, 5) is 0. The van der Waals surface area contributed by atoms with E-state index >= 15 is 0 Å². The summed E-state index contributed by atoms with van der Waals surface area (Å²) in [5, 5.41) is 3.39. The quantitative estimate of drug-likeness (QED) is 0.626. The van der Waals surface area contributed by atoms with E-state index in [1.54, 1.807) is 0 Å². The van der Waals surface area contributed by atoms with E-state index in [4.69, 9.17) is 9.47 Å². The van der Waals surface area contributed by atoms with E-state index in [1.165, 1.54) is 19.4 Å². The summed E-state index contributed by atoms with van der Waals surface area (Å²) in [7, 11) is 0. The molecule has 0 aliphatic heterocycles. The Morgan fingerprint density at radius 2 is 1.87 bits per heavy atom. The highest BCUT2D eigenvalue weighted by atomic mass is 16.5. The molecule has 0 unspecified atom stereocenters. The summed E-state index contributed by atoms with van der Waals surface area (Å²) >= 11 is 0. The van der Waals surface area contributed by atoms with Gasteiger partial charge in [-0.15, -0.1) is 0 Å². The van der Waals surface area contributed by atoms with Crippen molar-refractivity contribution < 1.29 is 9.47 Å². The average Bonchev–Trinajstić information content (AvgIpc) is 2.91. The Hall–Kier alpha value is -0.120. The van der Waals surface area contributed by atoms with E-state index < -0.39 is 0 Å². The van der Waals surface area contributed by atoms with Gasteiger partial charge in [-0.25, -0.2) is 0 Å². The minimum absolute atomic E-state index is 0.0480. The predicted octanol–water partition coefficient (Wildman–Crippen LogP) is 1.82. The Morgan fingerprint density at radius 1 is 1.13 bits per heavy atom. The van der Waals surface area contributed by atoms with Crippen molar-refractivity contribution in [3.8, 4) is 0 Å². The molecule has 0 saturated heterocycles. The van der Waals surface area contributed by atoms with Crippen LogP contribution in [0.4, 0.5) is 0 Å². The van der Waals surface area contributed by atoms with Crippen LogP contribution in [0.3, 0.4) is 0 Å². The Labute approximate surface area is 93.5 Å². The van der Waals surface area contributed by atoms with Crippen LogP contribution in [-0.4, -0.2) is 38.5 Å². The lowest BCUT2D eigenvalue weighted by molar-refractivity contribution is -0.0343. The van der Waals surface area contributed by atoms with E-state index in [-0.39, 0.29) is 5.60 Å². The minimum Gasteiger partial charge on any atom is -0.378 e. The van der Waals surface area contributed by atoms with Crippen molar-refractivity contribution in [2.75, 3.05) is 32.9 Å². The lowest BCUT2D eigenvalue weighted by Gasteiger charge is -2.19. The fraction of sp³-hybridized carbons (Fsp3) is 1.00. The Kier molecular flexibility index (Phi) is 5.58. The second kappa shape index (κ2) is 6.46. The number of rotatable bonds is 8. The van der Waals surface area contributed by atoms with Crippen molar-refractivity contribution in [2.45, 2.75) is 39.2 Å². The fourth-order valence-electron chi connectivity index (χ4n) is 1.28. The summed E-state index contributed by atoms with van der Waals surface area (Å²) in [6.07, 6.45) is 2.82. The highest BCUT2D eigenvalue weighted by Crippen LogP contribution is 2.27. The number of hydrogen-bond acceptors (Lipinski definition) is 3. The Bertz CT molecular complexity index is 161. The molecule has 0 amide bonds. The molecule has 1 N–H and O–H groups in total. The summed E-state index contributed by atoms with van der Waals surface area (Å²) in [5.41, 5.74) is -0.0480. The van der Waals surface area contributed by atoms with Gasteiger partial charge in [0.2, 0.25) is 0 Å². The molecule has 1 saturated carbocycles. The van der Waals surface area contributed by atoms with Crippen LogP contribution in [0.2, 0.25) is 0 Å². The molecule has 3 nitrogen and oxygen atoms in total. The molecule has 0 aromatic rings. The third-order valence-corrected chi connectivity index (χ3v) is 2.32. The molecule has 1 aliphatic carbocycles. The molecule has 0 bridgehead atoms. The number of nitrogens with one attached hydrogen (secondary N) is 1. The van der Waals surface area contributed by atoms with Gasteiger partial charge in [0.1, 0.15) is 0 Å². The highest BCUT2D eigenvalue weighted by Gasteiger charge is 2.19. The molecular formula is C12H25NO2. The van der Waals surface area contributed by atoms with Crippen molar-refractivity contribution in [2.24, 2.45) is 5.92 Å². The molecule has 0 spiro atoms. The standard InChI is InChI=1S/C12H25NO2/c1-12(2,3)15-9-8-14-7-6-13-10-11-4-5-11/h11,13H,4-10H2,1-3H3. The molecule has 0 aromatic carbocycles. The smallest absolute Gasteiger partial charge is 0.0707 e. The van der Waals surface area contributed by atoms with Crippen LogP contribution in [-0.2, 0) is 9.47 Å². The fourth-order valence-corrected chi connectivity index (χ4v) is 1.28. The van der Waals surface area contributed by atoms with Crippen molar-refractivity contribution in [3.63, 3.8) is 0 Å². The monoisotopic (exact) mass is 215 g/mol. The van der Waals surface area contributed by atoms with Gasteiger partial charge in [-0.05, 0) is 46.1 Å². The molecule has 90 valence electrons. The summed E-state index contributed by atoms with van der Waals surface area (Å²) in [6, 6.07) is 0. The largest absolute Gasteiger partial charge is 0.378 e. The van der Waals surface area contributed by atoms with E-state index in [9.17, 15) is 0 Å². The molecule has 0 atom stereocenters. The van der Waals surface area contributed by atoms with Gasteiger partial charge in [0, 0.05) is 6.54 Å². The SMILES string of the molecule is CC(C)(C)OCCOCCNCC1CC1. The van der Waals surface area contributed by atoms with Gasteiger partial charge in [0.15, 0.2) is 0 Å². The molecule has 3 heteroatoms. The second-order valence-corrected chi connectivity index (χ2v) is 5.22. The lowest BCUT2D eigenvalue weighted by atomic mass is 10.2. The zero-order valence-corrected chi connectivity index (χ0v) is 10.3. The van der Waals surface area contributed by atoms with Crippen LogP contribution in [0.1, 0.15) is 33.6 Å². The highest BCUT2D eigenvalue weighted by molar-refractivity contribution is 4.74. The number of ether oxygens (including phenoxy) is 2. The maximum Gasteiger partial charge on any atom is 0.0707 e. The molecular weight excluding hydrogens is 190 g/mol. The molecule has 1 rings (SSSR count). The van der Waals surface area contributed by atoms with Crippen molar-refractivity contribution in [1.29, 1.82) is 0 Å². The van der Waals surface area contributed by atoms with Crippen molar-refractivity contribution in [3.05, 3.63) is 0 Å². The van der Waals surface area contributed by atoms with Gasteiger partial charge in [-0.3, -0.25) is 0 Å². The third-order valence-electron chi connectivity index (χ3n) is 2.32. The van der Waals surface area contributed by atoms with Gasteiger partial charge in [-0.1, -0.05) is 0 Å². The predicted molar refractivity (Wildman–Crippen MR) is 62.1 cm³/mol. The second-order valence-electron chi connectivity index (χ2n) is 5.22. The Balaban J connectivity index is 1.72. The van der Waals surface area contributed by atoms with E-state index in [1.807, 2.05) is 0 Å². The summed E-state index contributed by atoms with van der Waals surface area (Å²) in [6.45, 7) is 10.5. The maximum atomic E-state index is 5.54. The average molecular weight is 215 g/mol. The Morgan fingerprint density at radius 3 is 2.47 bits per heavy atom.